The Hall–Kier alpha value is -0.320. The average molecular weight is 316 g/mol. The van der Waals surface area contributed by atoms with Crippen molar-refractivity contribution in [3.05, 3.63) is 0 Å². The van der Waals surface area contributed by atoms with Gasteiger partial charge in [-0.15, -0.1) is 12.4 Å². The summed E-state index contributed by atoms with van der Waals surface area (Å²) in [7, 11) is 0. The Labute approximate surface area is 135 Å². The highest BCUT2D eigenvalue weighted by atomic mass is 35.5. The normalized spacial score (nSPS) is 30.4. The summed E-state index contributed by atoms with van der Waals surface area (Å²) < 4.78 is 0. The molecule has 0 spiro atoms. The highest BCUT2D eigenvalue weighted by Gasteiger charge is 2.40. The zero-order valence-electron chi connectivity index (χ0n) is 13.4. The van der Waals surface area contributed by atoms with Crippen LogP contribution in [0.1, 0.15) is 46.0 Å². The van der Waals surface area contributed by atoms with E-state index in [1.165, 1.54) is 25.7 Å². The molecule has 3 fully saturated rings. The molecule has 1 atom stereocenters. The first kappa shape index (κ1) is 17.0. The van der Waals surface area contributed by atoms with Crippen LogP contribution in [0.15, 0.2) is 0 Å². The van der Waals surface area contributed by atoms with Gasteiger partial charge in [-0.05, 0) is 37.6 Å². The number of amides is 1. The van der Waals surface area contributed by atoms with Gasteiger partial charge < -0.3 is 10.2 Å². The Morgan fingerprint density at radius 3 is 2.29 bits per heavy atom. The number of carbonyl (C=O) groups excluding carboxylic acids is 1. The number of piperidine rings is 1. The van der Waals surface area contributed by atoms with E-state index in [0.29, 0.717) is 5.91 Å². The topological polar surface area (TPSA) is 35.6 Å². The number of carbonyl (C=O) groups is 1. The summed E-state index contributed by atoms with van der Waals surface area (Å²) in [6.07, 6.45) is 6.46. The van der Waals surface area contributed by atoms with E-state index in [-0.39, 0.29) is 23.9 Å². The van der Waals surface area contributed by atoms with Crippen LogP contribution in [-0.4, -0.2) is 60.5 Å². The van der Waals surface area contributed by atoms with E-state index in [1.807, 2.05) is 0 Å². The molecule has 3 rings (SSSR count). The van der Waals surface area contributed by atoms with Crippen LogP contribution in [-0.2, 0) is 4.79 Å². The minimum absolute atomic E-state index is 0. The van der Waals surface area contributed by atoms with Crippen LogP contribution in [0, 0.1) is 5.41 Å². The average Bonchev–Trinajstić information content (AvgIpc) is 2.36. The predicted molar refractivity (Wildman–Crippen MR) is 87.8 cm³/mol. The van der Waals surface area contributed by atoms with Gasteiger partial charge in [0.05, 0.1) is 6.04 Å². The molecule has 2 heterocycles. The Bertz CT molecular complexity index is 363. The predicted octanol–water partition coefficient (Wildman–Crippen LogP) is 1.88. The second-order valence-corrected chi connectivity index (χ2v) is 7.43. The smallest absolute Gasteiger partial charge is 0.240 e. The third-order valence-corrected chi connectivity index (χ3v) is 5.59. The molecule has 2 saturated heterocycles. The SMILES string of the molecule is CC1(C)CCCNC1C(=O)N1CCN(C2CCC2)CC1.Cl. The Balaban J connectivity index is 0.00000161. The van der Waals surface area contributed by atoms with E-state index in [4.69, 9.17) is 0 Å². The lowest BCUT2D eigenvalue weighted by Gasteiger charge is -2.45. The number of nitrogens with one attached hydrogen (secondary N) is 1. The Kier molecular flexibility index (Phi) is 5.55. The number of hydrogen-bond acceptors (Lipinski definition) is 3. The lowest BCUT2D eigenvalue weighted by atomic mass is 9.77. The van der Waals surface area contributed by atoms with Crippen molar-refractivity contribution in [2.24, 2.45) is 5.41 Å². The summed E-state index contributed by atoms with van der Waals surface area (Å²) in [5.74, 6) is 0.336. The number of halogens is 1. The fourth-order valence-corrected chi connectivity index (χ4v) is 3.87. The highest BCUT2D eigenvalue weighted by molar-refractivity contribution is 5.85. The van der Waals surface area contributed by atoms with Gasteiger partial charge in [-0.3, -0.25) is 9.69 Å². The van der Waals surface area contributed by atoms with Gasteiger partial charge in [-0.1, -0.05) is 20.3 Å². The summed E-state index contributed by atoms with van der Waals surface area (Å²) in [5.41, 5.74) is 0.0977. The molecular weight excluding hydrogens is 286 g/mol. The number of hydrogen-bond donors (Lipinski definition) is 1. The molecule has 2 aliphatic heterocycles. The summed E-state index contributed by atoms with van der Waals surface area (Å²) >= 11 is 0. The lowest BCUT2D eigenvalue weighted by Crippen LogP contribution is -2.60. The number of nitrogens with zero attached hydrogens (tertiary/aromatic N) is 2. The van der Waals surface area contributed by atoms with Gasteiger partial charge in [0.2, 0.25) is 5.91 Å². The molecule has 1 unspecified atom stereocenters. The van der Waals surface area contributed by atoms with E-state index >= 15 is 0 Å². The molecule has 1 amide bonds. The van der Waals surface area contributed by atoms with E-state index in [9.17, 15) is 4.79 Å². The third-order valence-electron chi connectivity index (χ3n) is 5.59. The first-order valence-corrected chi connectivity index (χ1v) is 8.34. The van der Waals surface area contributed by atoms with Gasteiger partial charge in [0, 0.05) is 32.2 Å². The van der Waals surface area contributed by atoms with E-state index < -0.39 is 0 Å². The van der Waals surface area contributed by atoms with Crippen LogP contribution in [0.25, 0.3) is 0 Å². The lowest BCUT2D eigenvalue weighted by molar-refractivity contribution is -0.139. The standard InChI is InChI=1S/C16H29N3O.ClH/c1-16(2)7-4-8-17-14(16)15(20)19-11-9-18(10-12-19)13-5-3-6-13;/h13-14,17H,3-12H2,1-2H3;1H. The second-order valence-electron chi connectivity index (χ2n) is 7.43. The third kappa shape index (κ3) is 3.54. The van der Waals surface area contributed by atoms with Crippen molar-refractivity contribution in [1.82, 2.24) is 15.1 Å². The van der Waals surface area contributed by atoms with Crippen LogP contribution in [0.5, 0.6) is 0 Å². The summed E-state index contributed by atoms with van der Waals surface area (Å²) in [6.45, 7) is 9.43. The maximum atomic E-state index is 12.8. The van der Waals surface area contributed by atoms with Crippen molar-refractivity contribution < 1.29 is 4.79 Å². The van der Waals surface area contributed by atoms with Gasteiger partial charge in [-0.25, -0.2) is 0 Å². The van der Waals surface area contributed by atoms with Gasteiger partial charge in [-0.2, -0.15) is 0 Å². The quantitative estimate of drug-likeness (QED) is 0.845. The molecule has 0 aromatic rings. The molecule has 21 heavy (non-hydrogen) atoms. The minimum Gasteiger partial charge on any atom is -0.339 e. The zero-order valence-corrected chi connectivity index (χ0v) is 14.3. The fraction of sp³-hybridized carbons (Fsp3) is 0.938. The molecule has 122 valence electrons. The van der Waals surface area contributed by atoms with Crippen LogP contribution in [0.2, 0.25) is 0 Å². The maximum Gasteiger partial charge on any atom is 0.240 e. The van der Waals surface area contributed by atoms with Gasteiger partial charge in [0.1, 0.15) is 0 Å². The molecule has 5 heteroatoms. The van der Waals surface area contributed by atoms with Crippen molar-refractivity contribution in [1.29, 1.82) is 0 Å². The van der Waals surface area contributed by atoms with Crippen molar-refractivity contribution in [3.63, 3.8) is 0 Å². The molecule has 1 N–H and O–H groups in total. The molecule has 0 aromatic heterocycles. The van der Waals surface area contributed by atoms with E-state index in [1.54, 1.807) is 0 Å². The van der Waals surface area contributed by atoms with Gasteiger partial charge in [0.15, 0.2) is 0 Å². The van der Waals surface area contributed by atoms with Gasteiger partial charge >= 0.3 is 0 Å². The summed E-state index contributed by atoms with van der Waals surface area (Å²) in [6, 6.07) is 0.836. The zero-order chi connectivity index (χ0) is 14.2. The maximum absolute atomic E-state index is 12.8. The first-order chi connectivity index (χ1) is 9.58. The van der Waals surface area contributed by atoms with Crippen molar-refractivity contribution in [3.8, 4) is 0 Å². The molecule has 1 saturated carbocycles. The summed E-state index contributed by atoms with van der Waals surface area (Å²) in [4.78, 5) is 17.5. The minimum atomic E-state index is 0. The largest absolute Gasteiger partial charge is 0.339 e. The second kappa shape index (κ2) is 6.84. The van der Waals surface area contributed by atoms with Crippen LogP contribution < -0.4 is 5.32 Å². The molecular formula is C16H30ClN3O. The van der Waals surface area contributed by atoms with Crippen molar-refractivity contribution >= 4 is 18.3 Å². The fourth-order valence-electron chi connectivity index (χ4n) is 3.87. The van der Waals surface area contributed by atoms with Crippen LogP contribution in [0.4, 0.5) is 0 Å². The number of rotatable bonds is 2. The molecule has 4 nitrogen and oxygen atoms in total. The Morgan fingerprint density at radius 2 is 1.76 bits per heavy atom. The molecule has 0 aromatic carbocycles. The van der Waals surface area contributed by atoms with E-state index in [0.717, 1.165) is 45.2 Å². The van der Waals surface area contributed by atoms with Crippen molar-refractivity contribution in [2.75, 3.05) is 32.7 Å². The van der Waals surface area contributed by atoms with Crippen molar-refractivity contribution in [2.45, 2.75) is 58.0 Å². The highest BCUT2D eigenvalue weighted by Crippen LogP contribution is 2.31. The first-order valence-electron chi connectivity index (χ1n) is 8.34. The molecule has 0 bridgehead atoms. The summed E-state index contributed by atoms with van der Waals surface area (Å²) in [5, 5.41) is 3.46. The molecule has 3 aliphatic rings. The van der Waals surface area contributed by atoms with Crippen LogP contribution in [0.3, 0.4) is 0 Å². The van der Waals surface area contributed by atoms with Gasteiger partial charge in [0.25, 0.3) is 0 Å². The monoisotopic (exact) mass is 315 g/mol. The Morgan fingerprint density at radius 1 is 1.10 bits per heavy atom. The number of piperazine rings is 1. The van der Waals surface area contributed by atoms with Crippen LogP contribution >= 0.6 is 12.4 Å². The molecule has 0 radical (unpaired) electrons. The van der Waals surface area contributed by atoms with E-state index in [2.05, 4.69) is 29.0 Å². The molecule has 1 aliphatic carbocycles.